The normalized spacial score (nSPS) is 10.3. The molecule has 66 valence electrons. The highest BCUT2D eigenvalue weighted by atomic mass is 17.1. The van der Waals surface area contributed by atoms with E-state index in [0.29, 0.717) is 0 Å². The van der Waals surface area contributed by atoms with Gasteiger partial charge in [-0.05, 0) is 43.0 Å². The molecule has 12 heavy (non-hydrogen) atoms. The van der Waals surface area contributed by atoms with Crippen molar-refractivity contribution < 1.29 is 10.1 Å². The van der Waals surface area contributed by atoms with Crippen LogP contribution in [0.25, 0.3) is 0 Å². The maximum atomic E-state index is 8.30. The first-order valence-electron chi connectivity index (χ1n) is 3.99. The fourth-order valence-corrected chi connectivity index (χ4v) is 1.24. The summed E-state index contributed by atoms with van der Waals surface area (Å²) >= 11 is 0. The molecule has 0 amide bonds. The van der Waals surface area contributed by atoms with Gasteiger partial charge in [0.25, 0.3) is 0 Å². The van der Waals surface area contributed by atoms with Gasteiger partial charge in [-0.2, -0.15) is 0 Å². The van der Waals surface area contributed by atoms with Crippen molar-refractivity contribution in [3.63, 3.8) is 0 Å². The van der Waals surface area contributed by atoms with Crippen LogP contribution in [0.15, 0.2) is 12.1 Å². The van der Waals surface area contributed by atoms with Crippen molar-refractivity contribution in [1.29, 1.82) is 0 Å². The largest absolute Gasteiger partial charge is 0.251 e. The van der Waals surface area contributed by atoms with Crippen LogP contribution in [-0.2, 0) is 11.5 Å². The average Bonchev–Trinajstić information content (AvgIpc) is 2.07. The summed E-state index contributed by atoms with van der Waals surface area (Å²) in [6.45, 7) is 6.46. The fraction of sp³-hybridized carbons (Fsp3) is 0.400. The summed E-state index contributed by atoms with van der Waals surface area (Å²) in [4.78, 5) is 4.10. The zero-order valence-electron chi connectivity index (χ0n) is 7.72. The predicted molar refractivity (Wildman–Crippen MR) is 48.1 cm³/mol. The second-order valence-electron chi connectivity index (χ2n) is 3.07. The quantitative estimate of drug-likeness (QED) is 0.540. The molecule has 0 fully saturated rings. The molecule has 2 heteroatoms. The van der Waals surface area contributed by atoms with Gasteiger partial charge in [0, 0.05) is 0 Å². The first-order chi connectivity index (χ1) is 5.66. The monoisotopic (exact) mass is 166 g/mol. The van der Waals surface area contributed by atoms with Gasteiger partial charge in [0.2, 0.25) is 0 Å². The Hall–Kier alpha value is -0.860. The van der Waals surface area contributed by atoms with Crippen LogP contribution in [0.5, 0.6) is 0 Å². The Morgan fingerprint density at radius 2 is 1.83 bits per heavy atom. The highest BCUT2D eigenvalue weighted by Gasteiger charge is 2.02. The summed E-state index contributed by atoms with van der Waals surface area (Å²) < 4.78 is 0. The highest BCUT2D eigenvalue weighted by molar-refractivity contribution is 5.38. The van der Waals surface area contributed by atoms with Crippen LogP contribution in [0, 0.1) is 20.8 Å². The molecule has 1 rings (SSSR count). The zero-order chi connectivity index (χ0) is 9.14. The van der Waals surface area contributed by atoms with E-state index in [2.05, 4.69) is 18.7 Å². The maximum Gasteiger partial charge on any atom is 0.107 e. The number of benzene rings is 1. The van der Waals surface area contributed by atoms with Crippen molar-refractivity contribution in [1.82, 2.24) is 0 Å². The summed E-state index contributed by atoms with van der Waals surface area (Å²) in [5, 5.41) is 8.30. The number of aryl methyl sites for hydroxylation is 1. The summed E-state index contributed by atoms with van der Waals surface area (Å²) in [6, 6.07) is 4.02. The lowest BCUT2D eigenvalue weighted by molar-refractivity contribution is -0.253. The lowest BCUT2D eigenvalue weighted by atomic mass is 9.99. The molecule has 0 radical (unpaired) electrons. The van der Waals surface area contributed by atoms with E-state index in [1.165, 1.54) is 16.7 Å². The summed E-state index contributed by atoms with van der Waals surface area (Å²) in [7, 11) is 0. The standard InChI is InChI=1S/C10H14O2/c1-7-4-5-10(6-12-11)9(3)8(7)2/h4-5,11H,6H2,1-3H3. The molecule has 0 saturated carbocycles. The van der Waals surface area contributed by atoms with Gasteiger partial charge in [0.15, 0.2) is 0 Å². The van der Waals surface area contributed by atoms with Crippen molar-refractivity contribution in [2.45, 2.75) is 27.4 Å². The number of hydrogen-bond acceptors (Lipinski definition) is 2. The summed E-state index contributed by atoms with van der Waals surface area (Å²) in [5.41, 5.74) is 4.78. The van der Waals surface area contributed by atoms with E-state index in [4.69, 9.17) is 5.26 Å². The number of rotatable bonds is 2. The molecule has 0 atom stereocenters. The molecule has 2 nitrogen and oxygen atoms in total. The van der Waals surface area contributed by atoms with Gasteiger partial charge >= 0.3 is 0 Å². The Kier molecular flexibility index (Phi) is 2.84. The topological polar surface area (TPSA) is 29.5 Å². The van der Waals surface area contributed by atoms with Crippen molar-refractivity contribution in [2.75, 3.05) is 0 Å². The molecule has 0 bridgehead atoms. The third-order valence-electron chi connectivity index (χ3n) is 2.39. The molecule has 1 aromatic carbocycles. The fourth-order valence-electron chi connectivity index (χ4n) is 1.24. The molecule has 0 unspecified atom stereocenters. The predicted octanol–water partition coefficient (Wildman–Crippen LogP) is 2.60. The van der Waals surface area contributed by atoms with Crippen molar-refractivity contribution >= 4 is 0 Å². The molecule has 0 saturated heterocycles. The van der Waals surface area contributed by atoms with E-state index in [-0.39, 0.29) is 6.61 Å². The van der Waals surface area contributed by atoms with Crippen molar-refractivity contribution in [3.8, 4) is 0 Å². The van der Waals surface area contributed by atoms with Gasteiger partial charge in [-0.15, -0.1) is 0 Å². The van der Waals surface area contributed by atoms with E-state index >= 15 is 0 Å². The Morgan fingerprint density at radius 3 is 2.42 bits per heavy atom. The molecule has 0 heterocycles. The Labute approximate surface area is 72.7 Å². The van der Waals surface area contributed by atoms with E-state index < -0.39 is 0 Å². The second-order valence-corrected chi connectivity index (χ2v) is 3.07. The molecule has 0 aliphatic heterocycles. The van der Waals surface area contributed by atoms with E-state index in [9.17, 15) is 0 Å². The molecule has 0 aliphatic rings. The van der Waals surface area contributed by atoms with Crippen LogP contribution in [0.2, 0.25) is 0 Å². The van der Waals surface area contributed by atoms with Gasteiger partial charge in [0.05, 0.1) is 0 Å². The molecule has 0 aromatic heterocycles. The molecule has 0 spiro atoms. The van der Waals surface area contributed by atoms with Gasteiger partial charge in [-0.3, -0.25) is 5.26 Å². The minimum Gasteiger partial charge on any atom is -0.251 e. The van der Waals surface area contributed by atoms with Crippen LogP contribution < -0.4 is 0 Å². The number of hydrogen-bond donors (Lipinski definition) is 1. The third kappa shape index (κ3) is 1.65. The van der Waals surface area contributed by atoms with Crippen LogP contribution in [0.3, 0.4) is 0 Å². The summed E-state index contributed by atoms with van der Waals surface area (Å²) in [6.07, 6.45) is 0. The Balaban J connectivity index is 3.08. The SMILES string of the molecule is Cc1ccc(COO)c(C)c1C. The lowest BCUT2D eigenvalue weighted by Gasteiger charge is -2.09. The summed E-state index contributed by atoms with van der Waals surface area (Å²) in [5.74, 6) is 0. The molecule has 1 aromatic rings. The highest BCUT2D eigenvalue weighted by Crippen LogP contribution is 2.17. The van der Waals surface area contributed by atoms with Crippen molar-refractivity contribution in [3.05, 3.63) is 34.4 Å². The van der Waals surface area contributed by atoms with Gasteiger partial charge < -0.3 is 0 Å². The Bertz CT molecular complexity index is 279. The van der Waals surface area contributed by atoms with Crippen LogP contribution >= 0.6 is 0 Å². The lowest BCUT2D eigenvalue weighted by Crippen LogP contribution is -1.96. The Morgan fingerprint density at radius 1 is 1.17 bits per heavy atom. The zero-order valence-corrected chi connectivity index (χ0v) is 7.72. The first kappa shape index (κ1) is 9.23. The van der Waals surface area contributed by atoms with Crippen LogP contribution in [0.1, 0.15) is 22.3 Å². The maximum absolute atomic E-state index is 8.30. The van der Waals surface area contributed by atoms with Crippen molar-refractivity contribution in [2.24, 2.45) is 0 Å². The minimum atomic E-state index is 0.271. The third-order valence-corrected chi connectivity index (χ3v) is 2.39. The molecule has 0 aliphatic carbocycles. The first-order valence-corrected chi connectivity index (χ1v) is 3.99. The second kappa shape index (κ2) is 3.70. The average molecular weight is 166 g/mol. The smallest absolute Gasteiger partial charge is 0.107 e. The molecular weight excluding hydrogens is 152 g/mol. The molecule has 1 N–H and O–H groups in total. The molecular formula is C10H14O2. The van der Waals surface area contributed by atoms with Crippen LogP contribution in [-0.4, -0.2) is 5.26 Å². The van der Waals surface area contributed by atoms with E-state index in [0.717, 1.165) is 5.56 Å². The van der Waals surface area contributed by atoms with Gasteiger partial charge in [0.1, 0.15) is 6.61 Å². The van der Waals surface area contributed by atoms with Gasteiger partial charge in [-0.25, -0.2) is 4.89 Å². The minimum absolute atomic E-state index is 0.271. The van der Waals surface area contributed by atoms with Crippen LogP contribution in [0.4, 0.5) is 0 Å². The van der Waals surface area contributed by atoms with E-state index in [1.54, 1.807) is 0 Å². The van der Waals surface area contributed by atoms with E-state index in [1.807, 2.05) is 19.1 Å². The van der Waals surface area contributed by atoms with Gasteiger partial charge in [-0.1, -0.05) is 12.1 Å².